The molecule has 0 spiro atoms. The van der Waals surface area contributed by atoms with Crippen LogP contribution < -0.4 is 14.4 Å². The number of rotatable bonds is 5. The summed E-state index contributed by atoms with van der Waals surface area (Å²) < 4.78 is 25.3. The highest BCUT2D eigenvalue weighted by atomic mass is 35.5. The van der Waals surface area contributed by atoms with Gasteiger partial charge in [0.2, 0.25) is 0 Å². The molecule has 4 rings (SSSR count). The van der Waals surface area contributed by atoms with Gasteiger partial charge in [-0.05, 0) is 42.5 Å². The lowest BCUT2D eigenvalue weighted by Gasteiger charge is -2.26. The van der Waals surface area contributed by atoms with Crippen LogP contribution in [0.1, 0.15) is 17.2 Å². The van der Waals surface area contributed by atoms with Crippen molar-refractivity contribution in [2.24, 2.45) is 0 Å². The number of anilines is 1. The van der Waals surface area contributed by atoms with Crippen molar-refractivity contribution < 1.29 is 28.6 Å². The van der Waals surface area contributed by atoms with Crippen LogP contribution in [0.2, 0.25) is 10.0 Å². The van der Waals surface area contributed by atoms with Gasteiger partial charge in [-0.3, -0.25) is 14.5 Å². The van der Waals surface area contributed by atoms with E-state index >= 15 is 0 Å². The van der Waals surface area contributed by atoms with Crippen molar-refractivity contribution in [3.05, 3.63) is 93.2 Å². The van der Waals surface area contributed by atoms with Crippen LogP contribution in [-0.4, -0.2) is 31.0 Å². The minimum atomic E-state index is -1.28. The van der Waals surface area contributed by atoms with Gasteiger partial charge in [-0.1, -0.05) is 41.4 Å². The molecule has 1 atom stereocenters. The Morgan fingerprint density at radius 2 is 1.71 bits per heavy atom. The molecule has 3 aromatic rings. The monoisotopic (exact) mass is 501 g/mol. The topological polar surface area (TPSA) is 76.1 Å². The van der Waals surface area contributed by atoms with E-state index in [1.807, 2.05) is 0 Å². The molecule has 1 N–H and O–H groups in total. The van der Waals surface area contributed by atoms with Gasteiger partial charge in [0, 0.05) is 16.8 Å². The van der Waals surface area contributed by atoms with Crippen LogP contribution in [0, 0.1) is 5.82 Å². The lowest BCUT2D eigenvalue weighted by molar-refractivity contribution is -0.132. The summed E-state index contributed by atoms with van der Waals surface area (Å²) in [7, 11) is 2.86. The van der Waals surface area contributed by atoms with Crippen molar-refractivity contribution in [1.82, 2.24) is 0 Å². The highest BCUT2D eigenvalue weighted by Crippen LogP contribution is 2.45. The van der Waals surface area contributed by atoms with Crippen LogP contribution in [0.3, 0.4) is 0 Å². The van der Waals surface area contributed by atoms with E-state index in [1.165, 1.54) is 62.8 Å². The van der Waals surface area contributed by atoms with E-state index in [1.54, 1.807) is 12.1 Å². The Balaban J connectivity index is 1.99. The first-order chi connectivity index (χ1) is 16.3. The van der Waals surface area contributed by atoms with Crippen LogP contribution >= 0.6 is 23.2 Å². The summed E-state index contributed by atoms with van der Waals surface area (Å²) in [4.78, 5) is 27.5. The Bertz CT molecular complexity index is 1340. The van der Waals surface area contributed by atoms with Gasteiger partial charge >= 0.3 is 0 Å². The number of nitrogens with zero attached hydrogens (tertiary/aromatic N) is 1. The largest absolute Gasteiger partial charge is 0.507 e. The molecule has 0 radical (unpaired) electrons. The van der Waals surface area contributed by atoms with Gasteiger partial charge in [-0.2, -0.15) is 0 Å². The summed E-state index contributed by atoms with van der Waals surface area (Å²) in [5.41, 5.74) is -0.0311. The Hall–Kier alpha value is -3.55. The Morgan fingerprint density at radius 1 is 0.971 bits per heavy atom. The third kappa shape index (κ3) is 3.97. The van der Waals surface area contributed by atoms with E-state index in [9.17, 15) is 19.1 Å². The van der Waals surface area contributed by atoms with Crippen molar-refractivity contribution >= 4 is 46.3 Å². The van der Waals surface area contributed by atoms with Crippen molar-refractivity contribution in [3.63, 3.8) is 0 Å². The standard InChI is InChI=1S/C25H18Cl2FNO5/c1-33-14-8-9-17(26)16(12-14)23(30)21-22(15-5-3-4-6-19(15)28)29(25(32)24(21)31)13-7-10-20(34-2)18(27)11-13/h3-12,22,30H,1-2H3/b23-21+. The molecular weight excluding hydrogens is 484 g/mol. The molecule has 1 heterocycles. The number of hydrogen-bond acceptors (Lipinski definition) is 5. The number of Topliss-reactive ketones (excluding diaryl/α,β-unsaturated/α-hetero) is 1. The number of ketones is 1. The molecule has 0 bridgehead atoms. The molecule has 1 unspecified atom stereocenters. The van der Waals surface area contributed by atoms with E-state index in [4.69, 9.17) is 32.7 Å². The van der Waals surface area contributed by atoms with Crippen LogP contribution in [-0.2, 0) is 9.59 Å². The molecule has 1 amide bonds. The number of aliphatic hydroxyl groups is 1. The van der Waals surface area contributed by atoms with Gasteiger partial charge in [0.15, 0.2) is 0 Å². The van der Waals surface area contributed by atoms with E-state index in [0.717, 1.165) is 4.90 Å². The number of methoxy groups -OCH3 is 2. The fraction of sp³-hybridized carbons (Fsp3) is 0.120. The summed E-state index contributed by atoms with van der Waals surface area (Å²) in [6.45, 7) is 0. The third-order valence-corrected chi connectivity index (χ3v) is 6.11. The molecule has 1 aliphatic rings. The zero-order valence-electron chi connectivity index (χ0n) is 18.0. The fourth-order valence-electron chi connectivity index (χ4n) is 3.85. The zero-order valence-corrected chi connectivity index (χ0v) is 19.5. The number of carbonyl (C=O) groups excluding carboxylic acids is 2. The summed E-state index contributed by atoms with van der Waals surface area (Å²) in [5, 5.41) is 11.5. The second kappa shape index (κ2) is 9.37. The maximum atomic E-state index is 15.0. The number of ether oxygens (including phenoxy) is 2. The fourth-order valence-corrected chi connectivity index (χ4v) is 4.31. The van der Waals surface area contributed by atoms with E-state index < -0.39 is 29.3 Å². The van der Waals surface area contributed by atoms with Crippen LogP contribution in [0.5, 0.6) is 11.5 Å². The number of benzene rings is 3. The van der Waals surface area contributed by atoms with Crippen molar-refractivity contribution in [3.8, 4) is 11.5 Å². The number of amides is 1. The second-order valence-electron chi connectivity index (χ2n) is 7.36. The first-order valence-corrected chi connectivity index (χ1v) is 10.8. The van der Waals surface area contributed by atoms with Crippen molar-refractivity contribution in [2.75, 3.05) is 19.1 Å². The summed E-state index contributed by atoms with van der Waals surface area (Å²) >= 11 is 12.5. The van der Waals surface area contributed by atoms with Gasteiger partial charge in [-0.25, -0.2) is 4.39 Å². The average Bonchev–Trinajstić information content (AvgIpc) is 3.09. The molecule has 174 valence electrons. The minimum absolute atomic E-state index is 0.00853. The molecule has 1 fully saturated rings. The number of carbonyl (C=O) groups is 2. The summed E-state index contributed by atoms with van der Waals surface area (Å²) in [5.74, 6) is -2.47. The van der Waals surface area contributed by atoms with E-state index in [0.29, 0.717) is 11.5 Å². The van der Waals surface area contributed by atoms with Crippen LogP contribution in [0.15, 0.2) is 66.2 Å². The van der Waals surface area contributed by atoms with Crippen molar-refractivity contribution in [2.45, 2.75) is 6.04 Å². The smallest absolute Gasteiger partial charge is 0.300 e. The third-order valence-electron chi connectivity index (χ3n) is 5.49. The Morgan fingerprint density at radius 3 is 2.35 bits per heavy atom. The lowest BCUT2D eigenvalue weighted by Crippen LogP contribution is -2.29. The highest BCUT2D eigenvalue weighted by molar-refractivity contribution is 6.52. The van der Waals surface area contributed by atoms with Crippen LogP contribution in [0.4, 0.5) is 10.1 Å². The molecule has 1 aliphatic heterocycles. The molecule has 0 aliphatic carbocycles. The van der Waals surface area contributed by atoms with Gasteiger partial charge in [0.25, 0.3) is 11.7 Å². The highest BCUT2D eigenvalue weighted by Gasteiger charge is 2.48. The first kappa shape index (κ1) is 23.6. The maximum absolute atomic E-state index is 15.0. The van der Waals surface area contributed by atoms with Gasteiger partial charge in [0.1, 0.15) is 23.1 Å². The normalized spacial score (nSPS) is 17.2. The molecule has 9 heteroatoms. The zero-order chi connectivity index (χ0) is 24.6. The van der Waals surface area contributed by atoms with Gasteiger partial charge in [0.05, 0.1) is 35.9 Å². The first-order valence-electron chi connectivity index (χ1n) is 10.0. The molecule has 1 saturated heterocycles. The van der Waals surface area contributed by atoms with Crippen LogP contribution in [0.25, 0.3) is 5.76 Å². The molecule has 3 aromatic carbocycles. The maximum Gasteiger partial charge on any atom is 0.300 e. The predicted molar refractivity (Wildman–Crippen MR) is 127 cm³/mol. The number of aliphatic hydroxyl groups excluding tert-OH is 1. The predicted octanol–water partition coefficient (Wildman–Crippen LogP) is 5.78. The Kier molecular flexibility index (Phi) is 6.50. The van der Waals surface area contributed by atoms with Gasteiger partial charge < -0.3 is 14.6 Å². The summed E-state index contributed by atoms with van der Waals surface area (Å²) in [6.07, 6.45) is 0. The second-order valence-corrected chi connectivity index (χ2v) is 8.17. The minimum Gasteiger partial charge on any atom is -0.507 e. The Labute approximate surface area is 204 Å². The average molecular weight is 502 g/mol. The molecule has 34 heavy (non-hydrogen) atoms. The van der Waals surface area contributed by atoms with E-state index in [2.05, 4.69) is 0 Å². The molecule has 0 aromatic heterocycles. The number of halogens is 3. The number of hydrogen-bond donors (Lipinski definition) is 1. The molecule has 6 nitrogen and oxygen atoms in total. The lowest BCUT2D eigenvalue weighted by atomic mass is 9.94. The molecule has 0 saturated carbocycles. The van der Waals surface area contributed by atoms with Gasteiger partial charge in [-0.15, -0.1) is 0 Å². The molecular formula is C25H18Cl2FNO5. The SMILES string of the molecule is COc1ccc(Cl)c(/C(O)=C2\C(=O)C(=O)N(c3ccc(OC)c(Cl)c3)C2c2ccccc2F)c1. The van der Waals surface area contributed by atoms with E-state index in [-0.39, 0.29) is 32.4 Å². The quantitative estimate of drug-likeness (QED) is 0.272. The van der Waals surface area contributed by atoms with Crippen molar-refractivity contribution in [1.29, 1.82) is 0 Å². The summed E-state index contributed by atoms with van der Waals surface area (Å²) in [6, 6.07) is 13.3.